The average Bonchev–Trinajstić information content (AvgIpc) is 3.38. The van der Waals surface area contributed by atoms with Gasteiger partial charge in [0.15, 0.2) is 17.7 Å². The van der Waals surface area contributed by atoms with Crippen LogP contribution in [0.2, 0.25) is 0 Å². The van der Waals surface area contributed by atoms with E-state index in [9.17, 15) is 20.1 Å². The molecule has 13 nitrogen and oxygen atoms in total. The topological polar surface area (TPSA) is 198 Å². The van der Waals surface area contributed by atoms with Crippen LogP contribution in [-0.4, -0.2) is 102 Å². The molecule has 2 saturated heterocycles. The molecule has 0 radical (unpaired) electrons. The number of nitrogens with two attached hydrogens (primary N) is 2. The number of carbonyl (C=O) groups is 1. The summed E-state index contributed by atoms with van der Waals surface area (Å²) in [5, 5.41) is 34.3. The third-order valence-electron chi connectivity index (χ3n) is 6.96. The van der Waals surface area contributed by atoms with E-state index in [-0.39, 0.29) is 18.3 Å². The van der Waals surface area contributed by atoms with Crippen molar-refractivity contribution >= 4 is 23.0 Å². The van der Waals surface area contributed by atoms with E-state index < -0.39 is 36.6 Å². The van der Waals surface area contributed by atoms with Crippen molar-refractivity contribution in [2.75, 3.05) is 25.4 Å². The number of aliphatic hydroxyl groups is 2. The second kappa shape index (κ2) is 10.5. The number of nitrogen functional groups attached to an aromatic ring is 1. The van der Waals surface area contributed by atoms with E-state index in [0.29, 0.717) is 30.3 Å². The Hall–Kier alpha value is -2.42. The van der Waals surface area contributed by atoms with Crippen LogP contribution in [0.5, 0.6) is 0 Å². The maximum atomic E-state index is 11.2. The standard InChI is InChI=1S/C21H34N8O5/c1-2-11-3-4-12(7-24-11)28(6-5-13(22)21(32)33)8-14-16(30)17(31)20(34-14)29-10-27-15-18(23)25-9-26-19(15)29/h9-14,16-17,20,24,30-31H,2-8,22H2,1H3,(H,32,33)(H2,23,25,26)/t11?,12?,13?,14-,16-,17-,20-/m1/s1. The van der Waals surface area contributed by atoms with Crippen LogP contribution in [0.1, 0.15) is 38.8 Å². The lowest BCUT2D eigenvalue weighted by atomic mass is 9.97. The van der Waals surface area contributed by atoms with Crippen LogP contribution in [0.4, 0.5) is 5.82 Å². The van der Waals surface area contributed by atoms with E-state index >= 15 is 0 Å². The number of carboxylic acid groups (broad SMARTS) is 1. The highest BCUT2D eigenvalue weighted by atomic mass is 16.6. The van der Waals surface area contributed by atoms with Gasteiger partial charge in [-0.05, 0) is 25.7 Å². The first-order chi connectivity index (χ1) is 16.3. The molecular weight excluding hydrogens is 444 g/mol. The predicted octanol–water partition coefficient (Wildman–Crippen LogP) is -1.34. The van der Waals surface area contributed by atoms with Gasteiger partial charge in [-0.1, -0.05) is 6.92 Å². The lowest BCUT2D eigenvalue weighted by molar-refractivity contribution is -0.138. The largest absolute Gasteiger partial charge is 0.480 e. The maximum absolute atomic E-state index is 11.2. The van der Waals surface area contributed by atoms with E-state index in [1.807, 2.05) is 0 Å². The molecule has 188 valence electrons. The number of hydrogen-bond donors (Lipinski definition) is 6. The van der Waals surface area contributed by atoms with Crippen molar-refractivity contribution in [3.05, 3.63) is 12.7 Å². The van der Waals surface area contributed by atoms with E-state index in [1.54, 1.807) is 4.57 Å². The number of carboxylic acids is 1. The highest BCUT2D eigenvalue weighted by Crippen LogP contribution is 2.33. The summed E-state index contributed by atoms with van der Waals surface area (Å²) >= 11 is 0. The zero-order valence-corrected chi connectivity index (χ0v) is 19.2. The fraction of sp³-hybridized carbons (Fsp3) is 0.714. The molecule has 7 atom stereocenters. The van der Waals surface area contributed by atoms with Crippen molar-refractivity contribution in [2.24, 2.45) is 5.73 Å². The van der Waals surface area contributed by atoms with Crippen LogP contribution in [-0.2, 0) is 9.53 Å². The number of aliphatic carboxylic acids is 1. The molecule has 4 heterocycles. The van der Waals surface area contributed by atoms with Crippen LogP contribution in [0.15, 0.2) is 12.7 Å². The molecule has 2 aliphatic heterocycles. The van der Waals surface area contributed by atoms with Crippen LogP contribution in [0, 0.1) is 0 Å². The van der Waals surface area contributed by atoms with Gasteiger partial charge in [0.25, 0.3) is 0 Å². The number of hydrogen-bond acceptors (Lipinski definition) is 11. The normalized spacial score (nSPS) is 30.7. The zero-order valence-electron chi connectivity index (χ0n) is 19.2. The molecule has 8 N–H and O–H groups in total. The molecule has 0 aromatic carbocycles. The summed E-state index contributed by atoms with van der Waals surface area (Å²) in [4.78, 5) is 25.7. The second-order valence-corrected chi connectivity index (χ2v) is 9.10. The number of imidazole rings is 1. The molecule has 0 spiro atoms. The van der Waals surface area contributed by atoms with Crippen molar-refractivity contribution < 1.29 is 24.9 Å². The molecule has 34 heavy (non-hydrogen) atoms. The van der Waals surface area contributed by atoms with Crippen LogP contribution < -0.4 is 16.8 Å². The highest BCUT2D eigenvalue weighted by Gasteiger charge is 2.45. The van der Waals surface area contributed by atoms with Crippen molar-refractivity contribution in [1.29, 1.82) is 0 Å². The summed E-state index contributed by atoms with van der Waals surface area (Å²) in [6, 6.07) is -0.377. The van der Waals surface area contributed by atoms with Gasteiger partial charge in [-0.15, -0.1) is 0 Å². The first kappa shape index (κ1) is 24.7. The number of nitrogens with zero attached hydrogens (tertiary/aromatic N) is 5. The quantitative estimate of drug-likeness (QED) is 0.248. The number of ether oxygens (including phenoxy) is 1. The van der Waals surface area contributed by atoms with Gasteiger partial charge < -0.3 is 36.8 Å². The maximum Gasteiger partial charge on any atom is 0.320 e. The summed E-state index contributed by atoms with van der Waals surface area (Å²) in [6.45, 7) is 3.64. The van der Waals surface area contributed by atoms with Crippen molar-refractivity contribution in [2.45, 2.75) is 75.3 Å². The Morgan fingerprint density at radius 3 is 2.79 bits per heavy atom. The molecule has 2 fully saturated rings. The molecule has 4 rings (SSSR count). The summed E-state index contributed by atoms with van der Waals surface area (Å²) in [7, 11) is 0. The van der Waals surface area contributed by atoms with Gasteiger partial charge in [0.2, 0.25) is 0 Å². The first-order valence-corrected chi connectivity index (χ1v) is 11.7. The summed E-state index contributed by atoms with van der Waals surface area (Å²) < 4.78 is 7.65. The van der Waals surface area contributed by atoms with Gasteiger partial charge in [0.1, 0.15) is 36.2 Å². The van der Waals surface area contributed by atoms with Gasteiger partial charge in [-0.3, -0.25) is 14.3 Å². The number of rotatable bonds is 9. The van der Waals surface area contributed by atoms with Crippen molar-refractivity contribution in [3.8, 4) is 0 Å². The SMILES string of the molecule is CCC1CCC(N(CCC(N)C(=O)O)C[C@H]2O[C@@H](n3cnc4c(N)ncnc43)[C@H](O)[C@@H]2O)CN1. The monoisotopic (exact) mass is 478 g/mol. The van der Waals surface area contributed by atoms with Gasteiger partial charge in [0.05, 0.1) is 6.33 Å². The average molecular weight is 479 g/mol. The molecule has 0 bridgehead atoms. The highest BCUT2D eigenvalue weighted by molar-refractivity contribution is 5.81. The Morgan fingerprint density at radius 2 is 2.12 bits per heavy atom. The lowest BCUT2D eigenvalue weighted by Gasteiger charge is -2.39. The number of fused-ring (bicyclic) bond motifs is 1. The van der Waals surface area contributed by atoms with Crippen LogP contribution >= 0.6 is 0 Å². The minimum absolute atomic E-state index is 0.136. The van der Waals surface area contributed by atoms with E-state index in [1.165, 1.54) is 12.7 Å². The third kappa shape index (κ3) is 4.99. The van der Waals surface area contributed by atoms with E-state index in [0.717, 1.165) is 25.8 Å². The predicted molar refractivity (Wildman–Crippen MR) is 123 cm³/mol. The Balaban J connectivity index is 1.49. The Kier molecular flexibility index (Phi) is 7.60. The molecular formula is C21H34N8O5. The molecule has 2 aromatic rings. The smallest absolute Gasteiger partial charge is 0.320 e. The van der Waals surface area contributed by atoms with E-state index in [4.69, 9.17) is 16.2 Å². The zero-order chi connectivity index (χ0) is 24.4. The molecule has 0 amide bonds. The molecule has 13 heteroatoms. The summed E-state index contributed by atoms with van der Waals surface area (Å²) in [5.74, 6) is -0.835. The Bertz CT molecular complexity index is 981. The van der Waals surface area contributed by atoms with E-state index in [2.05, 4.69) is 32.1 Å². The van der Waals surface area contributed by atoms with Crippen molar-refractivity contribution in [3.63, 3.8) is 0 Å². The number of nitrogens with one attached hydrogen (secondary N) is 1. The minimum Gasteiger partial charge on any atom is -0.480 e. The molecule has 2 aliphatic rings. The number of piperidine rings is 1. The number of aromatic nitrogens is 4. The Labute approximate surface area is 197 Å². The van der Waals surface area contributed by atoms with Gasteiger partial charge in [0, 0.05) is 31.7 Å². The first-order valence-electron chi connectivity index (χ1n) is 11.7. The number of anilines is 1. The van der Waals surface area contributed by atoms with Crippen LogP contribution in [0.3, 0.4) is 0 Å². The summed E-state index contributed by atoms with van der Waals surface area (Å²) in [6.07, 6.45) is 2.03. The lowest BCUT2D eigenvalue weighted by Crippen LogP contribution is -2.53. The Morgan fingerprint density at radius 1 is 1.32 bits per heavy atom. The fourth-order valence-electron chi connectivity index (χ4n) is 4.81. The molecule has 2 aromatic heterocycles. The number of aliphatic hydroxyl groups excluding tert-OH is 2. The second-order valence-electron chi connectivity index (χ2n) is 9.10. The molecule has 0 saturated carbocycles. The van der Waals surface area contributed by atoms with Gasteiger partial charge in [-0.2, -0.15) is 0 Å². The minimum atomic E-state index is -1.21. The molecule has 3 unspecified atom stereocenters. The van der Waals surface area contributed by atoms with Crippen molar-refractivity contribution in [1.82, 2.24) is 29.7 Å². The van der Waals surface area contributed by atoms with Gasteiger partial charge >= 0.3 is 5.97 Å². The molecule has 0 aliphatic carbocycles. The fourth-order valence-corrected chi connectivity index (χ4v) is 4.81. The summed E-state index contributed by atoms with van der Waals surface area (Å²) in [5.41, 5.74) is 12.4. The third-order valence-corrected chi connectivity index (χ3v) is 6.96. The van der Waals surface area contributed by atoms with Crippen LogP contribution in [0.25, 0.3) is 11.2 Å². The van der Waals surface area contributed by atoms with Gasteiger partial charge in [-0.25, -0.2) is 15.0 Å².